The van der Waals surface area contributed by atoms with Gasteiger partial charge in [-0.3, -0.25) is 14.7 Å². The topological polar surface area (TPSA) is 57.3 Å². The van der Waals surface area contributed by atoms with Gasteiger partial charge in [-0.05, 0) is 30.4 Å². The van der Waals surface area contributed by atoms with E-state index in [9.17, 15) is 4.79 Å². The summed E-state index contributed by atoms with van der Waals surface area (Å²) in [5.41, 5.74) is 1.18. The summed E-state index contributed by atoms with van der Waals surface area (Å²) in [6.07, 6.45) is 7.55. The van der Waals surface area contributed by atoms with Gasteiger partial charge >= 0.3 is 0 Å². The van der Waals surface area contributed by atoms with Crippen LogP contribution in [0.15, 0.2) is 24.5 Å². The molecule has 5 nitrogen and oxygen atoms in total. The number of hydrogen-bond donors (Lipinski definition) is 2. The van der Waals surface area contributed by atoms with Crippen LogP contribution in [0.1, 0.15) is 30.9 Å². The molecular formula is C16H24N4O. The van der Waals surface area contributed by atoms with Gasteiger partial charge in [0.05, 0.1) is 6.54 Å². The van der Waals surface area contributed by atoms with Crippen LogP contribution in [0.4, 0.5) is 0 Å². The van der Waals surface area contributed by atoms with Gasteiger partial charge in [-0.2, -0.15) is 0 Å². The number of hydrogen-bond acceptors (Lipinski definition) is 4. The van der Waals surface area contributed by atoms with Crippen LogP contribution in [0.5, 0.6) is 0 Å². The number of carbonyl (C=O) groups excluding carboxylic acids is 1. The molecule has 2 aliphatic rings. The standard InChI is InChI=1S/C16H24N4O/c21-16(19-9-13-3-1-4-13)12-20-8-7-18-11-15(20)14-5-2-6-17-10-14/h2,5-6,10,13,15,18H,1,3-4,7-9,11-12H2,(H,19,21). The molecule has 1 aliphatic carbocycles. The van der Waals surface area contributed by atoms with E-state index in [0.717, 1.165) is 26.2 Å². The van der Waals surface area contributed by atoms with E-state index in [-0.39, 0.29) is 11.9 Å². The van der Waals surface area contributed by atoms with Crippen LogP contribution < -0.4 is 10.6 Å². The van der Waals surface area contributed by atoms with Crippen molar-refractivity contribution in [3.05, 3.63) is 30.1 Å². The van der Waals surface area contributed by atoms with E-state index in [1.807, 2.05) is 12.3 Å². The molecule has 1 saturated heterocycles. The van der Waals surface area contributed by atoms with Gasteiger partial charge in [0.15, 0.2) is 0 Å². The lowest BCUT2D eigenvalue weighted by Gasteiger charge is -2.36. The van der Waals surface area contributed by atoms with Crippen LogP contribution in [0.2, 0.25) is 0 Å². The average molecular weight is 288 g/mol. The molecule has 114 valence electrons. The van der Waals surface area contributed by atoms with Crippen molar-refractivity contribution in [3.63, 3.8) is 0 Å². The number of amides is 1. The van der Waals surface area contributed by atoms with Crippen molar-refractivity contribution in [2.24, 2.45) is 5.92 Å². The van der Waals surface area contributed by atoms with E-state index in [2.05, 4.69) is 26.6 Å². The molecule has 1 aliphatic heterocycles. The SMILES string of the molecule is O=C(CN1CCNCC1c1cccnc1)NCC1CCC1. The Hall–Kier alpha value is -1.46. The lowest BCUT2D eigenvalue weighted by molar-refractivity contribution is -0.123. The van der Waals surface area contributed by atoms with E-state index < -0.39 is 0 Å². The lowest BCUT2D eigenvalue weighted by atomic mass is 9.85. The first-order valence-electron chi connectivity index (χ1n) is 7.94. The molecule has 2 heterocycles. The lowest BCUT2D eigenvalue weighted by Crippen LogP contribution is -2.50. The summed E-state index contributed by atoms with van der Waals surface area (Å²) in [7, 11) is 0. The maximum Gasteiger partial charge on any atom is 0.234 e. The first-order valence-corrected chi connectivity index (χ1v) is 7.94. The first-order chi connectivity index (χ1) is 10.3. The molecule has 0 spiro atoms. The van der Waals surface area contributed by atoms with Crippen LogP contribution in [0, 0.1) is 5.92 Å². The van der Waals surface area contributed by atoms with Crippen LogP contribution >= 0.6 is 0 Å². The van der Waals surface area contributed by atoms with Gasteiger partial charge in [-0.1, -0.05) is 12.5 Å². The summed E-state index contributed by atoms with van der Waals surface area (Å²) in [5.74, 6) is 0.865. The summed E-state index contributed by atoms with van der Waals surface area (Å²) in [6.45, 7) is 4.04. The number of piperazine rings is 1. The van der Waals surface area contributed by atoms with Gasteiger partial charge < -0.3 is 10.6 Å². The molecule has 1 amide bonds. The van der Waals surface area contributed by atoms with Crippen molar-refractivity contribution < 1.29 is 4.79 Å². The fourth-order valence-corrected chi connectivity index (χ4v) is 3.03. The van der Waals surface area contributed by atoms with Crippen molar-refractivity contribution in [1.82, 2.24) is 20.5 Å². The van der Waals surface area contributed by atoms with Crippen LogP contribution in [0.3, 0.4) is 0 Å². The van der Waals surface area contributed by atoms with Gasteiger partial charge in [0.1, 0.15) is 0 Å². The third-order valence-electron chi connectivity index (χ3n) is 4.58. The second-order valence-electron chi connectivity index (χ2n) is 6.08. The largest absolute Gasteiger partial charge is 0.355 e. The molecule has 2 fully saturated rings. The van der Waals surface area contributed by atoms with E-state index in [1.165, 1.54) is 24.8 Å². The Kier molecular flexibility index (Phi) is 4.83. The Labute approximate surface area is 126 Å². The third kappa shape index (κ3) is 3.80. The number of aromatic nitrogens is 1. The van der Waals surface area contributed by atoms with Gasteiger partial charge in [-0.25, -0.2) is 0 Å². The molecule has 21 heavy (non-hydrogen) atoms. The van der Waals surface area contributed by atoms with E-state index in [0.29, 0.717) is 12.5 Å². The Bertz CT molecular complexity index is 461. The van der Waals surface area contributed by atoms with Crippen molar-refractivity contribution in [3.8, 4) is 0 Å². The van der Waals surface area contributed by atoms with E-state index >= 15 is 0 Å². The summed E-state index contributed by atoms with van der Waals surface area (Å²) in [4.78, 5) is 18.6. The highest BCUT2D eigenvalue weighted by molar-refractivity contribution is 5.78. The number of rotatable bonds is 5. The summed E-state index contributed by atoms with van der Waals surface area (Å²) in [6, 6.07) is 4.28. The van der Waals surface area contributed by atoms with Gasteiger partial charge in [0, 0.05) is 44.6 Å². The van der Waals surface area contributed by atoms with Crippen molar-refractivity contribution in [2.45, 2.75) is 25.3 Å². The van der Waals surface area contributed by atoms with Crippen molar-refractivity contribution in [1.29, 1.82) is 0 Å². The number of pyridine rings is 1. The third-order valence-corrected chi connectivity index (χ3v) is 4.58. The Morgan fingerprint density at radius 1 is 1.48 bits per heavy atom. The molecule has 3 rings (SSSR count). The molecular weight excluding hydrogens is 264 g/mol. The zero-order valence-corrected chi connectivity index (χ0v) is 12.4. The van der Waals surface area contributed by atoms with E-state index in [4.69, 9.17) is 0 Å². The Morgan fingerprint density at radius 3 is 3.10 bits per heavy atom. The first kappa shape index (κ1) is 14.5. The Balaban J connectivity index is 1.55. The van der Waals surface area contributed by atoms with Crippen molar-refractivity contribution in [2.75, 3.05) is 32.7 Å². The molecule has 1 aromatic heterocycles. The molecule has 2 N–H and O–H groups in total. The highest BCUT2D eigenvalue weighted by atomic mass is 16.2. The summed E-state index contributed by atoms with van der Waals surface area (Å²) < 4.78 is 0. The molecule has 0 bridgehead atoms. The number of carbonyl (C=O) groups is 1. The minimum atomic E-state index is 0.151. The van der Waals surface area contributed by atoms with E-state index in [1.54, 1.807) is 6.20 Å². The monoisotopic (exact) mass is 288 g/mol. The second kappa shape index (κ2) is 7.00. The highest BCUT2D eigenvalue weighted by Crippen LogP contribution is 2.25. The minimum Gasteiger partial charge on any atom is -0.355 e. The molecule has 1 atom stereocenters. The smallest absolute Gasteiger partial charge is 0.234 e. The van der Waals surface area contributed by atoms with Gasteiger partial charge in [0.25, 0.3) is 0 Å². The Morgan fingerprint density at radius 2 is 2.38 bits per heavy atom. The summed E-state index contributed by atoms with van der Waals surface area (Å²) >= 11 is 0. The second-order valence-corrected chi connectivity index (χ2v) is 6.08. The van der Waals surface area contributed by atoms with Gasteiger partial charge in [-0.15, -0.1) is 0 Å². The average Bonchev–Trinajstić information content (AvgIpc) is 2.47. The van der Waals surface area contributed by atoms with Crippen LogP contribution in [-0.2, 0) is 4.79 Å². The molecule has 1 unspecified atom stereocenters. The predicted octanol–water partition coefficient (Wildman–Crippen LogP) is 0.944. The maximum atomic E-state index is 12.1. The van der Waals surface area contributed by atoms with Gasteiger partial charge in [0.2, 0.25) is 5.91 Å². The number of nitrogens with one attached hydrogen (secondary N) is 2. The predicted molar refractivity (Wildman–Crippen MR) is 81.8 cm³/mol. The van der Waals surface area contributed by atoms with Crippen molar-refractivity contribution >= 4 is 5.91 Å². The maximum absolute atomic E-state index is 12.1. The molecule has 0 radical (unpaired) electrons. The zero-order chi connectivity index (χ0) is 14.5. The number of nitrogens with zero attached hydrogens (tertiary/aromatic N) is 2. The minimum absolute atomic E-state index is 0.151. The molecule has 0 aromatic carbocycles. The molecule has 1 saturated carbocycles. The zero-order valence-electron chi connectivity index (χ0n) is 12.4. The van der Waals surface area contributed by atoms with Crippen LogP contribution in [0.25, 0.3) is 0 Å². The fourth-order valence-electron chi connectivity index (χ4n) is 3.03. The quantitative estimate of drug-likeness (QED) is 0.847. The summed E-state index contributed by atoms with van der Waals surface area (Å²) in [5, 5.41) is 6.49. The van der Waals surface area contributed by atoms with Crippen LogP contribution in [-0.4, -0.2) is 48.5 Å². The fraction of sp³-hybridized carbons (Fsp3) is 0.625. The molecule has 5 heteroatoms. The molecule has 1 aromatic rings. The highest BCUT2D eigenvalue weighted by Gasteiger charge is 2.26. The normalized spacial score (nSPS) is 23.5.